The van der Waals surface area contributed by atoms with Crippen molar-refractivity contribution in [2.75, 3.05) is 39.9 Å². The number of ether oxygens (including phenoxy) is 4. The van der Waals surface area contributed by atoms with E-state index in [-0.39, 0.29) is 11.9 Å². The van der Waals surface area contributed by atoms with E-state index in [1.165, 1.54) is 6.92 Å². The monoisotopic (exact) mass is 397 g/mol. The maximum atomic E-state index is 11.4. The molecule has 29 heavy (non-hydrogen) atoms. The largest absolute Gasteiger partial charge is 0.493 e. The Morgan fingerprint density at radius 2 is 1.66 bits per heavy atom. The molecule has 0 unspecified atom stereocenters. The summed E-state index contributed by atoms with van der Waals surface area (Å²) in [5, 5.41) is 3.32. The van der Waals surface area contributed by atoms with E-state index >= 15 is 0 Å². The van der Waals surface area contributed by atoms with Gasteiger partial charge in [-0.1, -0.05) is 12.1 Å². The molecule has 0 aliphatic heterocycles. The molecule has 2 aromatic carbocycles. The van der Waals surface area contributed by atoms with Crippen LogP contribution in [0.15, 0.2) is 36.4 Å². The highest BCUT2D eigenvalue weighted by Gasteiger charge is 2.13. The van der Waals surface area contributed by atoms with Crippen LogP contribution in [0.4, 0.5) is 5.95 Å². The third-order valence-corrected chi connectivity index (χ3v) is 4.19. The van der Waals surface area contributed by atoms with Gasteiger partial charge in [0.05, 0.1) is 31.7 Å². The van der Waals surface area contributed by atoms with Crippen molar-refractivity contribution < 1.29 is 23.7 Å². The SMILES string of the molecule is COCCOc1nc(NC(C)=O)nc2ccc(-c3ccc(OC)c(OC)c3)cc12. The number of nitrogens with one attached hydrogen (secondary N) is 1. The Balaban J connectivity index is 2.07. The van der Waals surface area contributed by atoms with E-state index in [4.69, 9.17) is 18.9 Å². The zero-order valence-corrected chi connectivity index (χ0v) is 16.8. The molecule has 0 bridgehead atoms. The second kappa shape index (κ2) is 9.20. The van der Waals surface area contributed by atoms with Gasteiger partial charge in [0.2, 0.25) is 17.7 Å². The van der Waals surface area contributed by atoms with Gasteiger partial charge in [-0.25, -0.2) is 4.98 Å². The van der Waals surface area contributed by atoms with Crippen LogP contribution >= 0.6 is 0 Å². The van der Waals surface area contributed by atoms with Gasteiger partial charge in [0.1, 0.15) is 6.61 Å². The van der Waals surface area contributed by atoms with Crippen LogP contribution in [0.25, 0.3) is 22.0 Å². The molecule has 0 fully saturated rings. The predicted molar refractivity (Wildman–Crippen MR) is 110 cm³/mol. The maximum absolute atomic E-state index is 11.4. The normalized spacial score (nSPS) is 10.6. The lowest BCUT2D eigenvalue weighted by Gasteiger charge is -2.13. The van der Waals surface area contributed by atoms with Gasteiger partial charge in [-0.2, -0.15) is 4.98 Å². The van der Waals surface area contributed by atoms with E-state index in [0.29, 0.717) is 36.1 Å². The molecule has 1 heterocycles. The number of hydrogen-bond acceptors (Lipinski definition) is 7. The van der Waals surface area contributed by atoms with E-state index in [0.717, 1.165) is 16.5 Å². The van der Waals surface area contributed by atoms with Crippen LogP contribution < -0.4 is 19.5 Å². The summed E-state index contributed by atoms with van der Waals surface area (Å²) in [7, 11) is 4.79. The molecular weight excluding hydrogens is 374 g/mol. The van der Waals surface area contributed by atoms with E-state index in [9.17, 15) is 4.79 Å². The maximum Gasteiger partial charge on any atom is 0.233 e. The zero-order chi connectivity index (χ0) is 20.8. The molecule has 1 aromatic heterocycles. The number of aromatic nitrogens is 2. The van der Waals surface area contributed by atoms with Crippen LogP contribution in [0.5, 0.6) is 17.4 Å². The van der Waals surface area contributed by atoms with Crippen LogP contribution in [0.1, 0.15) is 6.92 Å². The fraction of sp³-hybridized carbons (Fsp3) is 0.286. The minimum absolute atomic E-state index is 0.191. The minimum Gasteiger partial charge on any atom is -0.493 e. The number of hydrogen-bond donors (Lipinski definition) is 1. The van der Waals surface area contributed by atoms with Crippen molar-refractivity contribution in [3.05, 3.63) is 36.4 Å². The summed E-state index contributed by atoms with van der Waals surface area (Å²) in [4.78, 5) is 20.1. The number of methoxy groups -OCH3 is 3. The van der Waals surface area contributed by atoms with Gasteiger partial charge in [-0.05, 0) is 35.4 Å². The lowest BCUT2D eigenvalue weighted by Crippen LogP contribution is -2.12. The molecule has 0 spiro atoms. The van der Waals surface area contributed by atoms with E-state index in [2.05, 4.69) is 15.3 Å². The third kappa shape index (κ3) is 4.72. The van der Waals surface area contributed by atoms with Crippen molar-refractivity contribution in [2.45, 2.75) is 6.92 Å². The van der Waals surface area contributed by atoms with Crippen LogP contribution in [0.3, 0.4) is 0 Å². The fourth-order valence-corrected chi connectivity index (χ4v) is 2.84. The standard InChI is InChI=1S/C21H23N3O5/c1-13(25)22-21-23-17-7-5-14(11-16(17)20(24-21)29-10-9-26-2)15-6-8-18(27-3)19(12-15)28-4/h5-8,11-12H,9-10H2,1-4H3,(H,22,23,24,25). The quantitative estimate of drug-likeness (QED) is 0.583. The summed E-state index contributed by atoms with van der Waals surface area (Å²) in [6.45, 7) is 2.14. The molecule has 0 aliphatic rings. The molecule has 1 amide bonds. The average molecular weight is 397 g/mol. The first-order chi connectivity index (χ1) is 14.0. The summed E-state index contributed by atoms with van der Waals surface area (Å²) in [6, 6.07) is 11.4. The van der Waals surface area contributed by atoms with Gasteiger partial charge in [0.15, 0.2) is 11.5 Å². The van der Waals surface area contributed by atoms with Gasteiger partial charge >= 0.3 is 0 Å². The Labute approximate surface area is 168 Å². The highest BCUT2D eigenvalue weighted by molar-refractivity contribution is 5.92. The molecule has 0 saturated carbocycles. The van der Waals surface area contributed by atoms with Crippen LogP contribution in [-0.2, 0) is 9.53 Å². The molecular formula is C21H23N3O5. The van der Waals surface area contributed by atoms with Crippen LogP contribution in [0, 0.1) is 0 Å². The highest BCUT2D eigenvalue weighted by atomic mass is 16.5. The molecule has 0 radical (unpaired) electrons. The Bertz CT molecular complexity index is 1020. The lowest BCUT2D eigenvalue weighted by atomic mass is 10.0. The number of amides is 1. The first-order valence-electron chi connectivity index (χ1n) is 8.99. The Hall–Kier alpha value is -3.39. The van der Waals surface area contributed by atoms with Crippen molar-refractivity contribution in [1.82, 2.24) is 9.97 Å². The summed E-state index contributed by atoms with van der Waals surface area (Å²) in [6.07, 6.45) is 0. The Kier molecular flexibility index (Phi) is 6.46. The number of nitrogens with zero attached hydrogens (tertiary/aromatic N) is 2. The number of fused-ring (bicyclic) bond motifs is 1. The van der Waals surface area contributed by atoms with Gasteiger partial charge in [-0.15, -0.1) is 0 Å². The fourth-order valence-electron chi connectivity index (χ4n) is 2.84. The Morgan fingerprint density at radius 3 is 2.34 bits per heavy atom. The molecule has 0 atom stereocenters. The van der Waals surface area contributed by atoms with Gasteiger partial charge in [0, 0.05) is 14.0 Å². The second-order valence-corrected chi connectivity index (χ2v) is 6.18. The van der Waals surface area contributed by atoms with Crippen LogP contribution in [-0.4, -0.2) is 50.4 Å². The summed E-state index contributed by atoms with van der Waals surface area (Å²) < 4.78 is 21.5. The highest BCUT2D eigenvalue weighted by Crippen LogP contribution is 2.34. The van der Waals surface area contributed by atoms with Crippen molar-refractivity contribution in [3.8, 4) is 28.5 Å². The minimum atomic E-state index is -0.255. The molecule has 8 nitrogen and oxygen atoms in total. The summed E-state index contributed by atoms with van der Waals surface area (Å²) >= 11 is 0. The van der Waals surface area contributed by atoms with E-state index in [1.807, 2.05) is 36.4 Å². The molecule has 1 N–H and O–H groups in total. The molecule has 0 aliphatic carbocycles. The third-order valence-electron chi connectivity index (χ3n) is 4.19. The van der Waals surface area contributed by atoms with E-state index < -0.39 is 0 Å². The summed E-state index contributed by atoms with van der Waals surface area (Å²) in [5.41, 5.74) is 2.53. The predicted octanol–water partition coefficient (Wildman–Crippen LogP) is 3.30. The number of carbonyl (C=O) groups is 1. The topological polar surface area (TPSA) is 91.8 Å². The van der Waals surface area contributed by atoms with Crippen molar-refractivity contribution in [2.24, 2.45) is 0 Å². The second-order valence-electron chi connectivity index (χ2n) is 6.18. The first-order valence-corrected chi connectivity index (χ1v) is 8.99. The van der Waals surface area contributed by atoms with E-state index in [1.54, 1.807) is 21.3 Å². The van der Waals surface area contributed by atoms with Gasteiger partial charge in [-0.3, -0.25) is 10.1 Å². The first kappa shape index (κ1) is 20.3. The summed E-state index contributed by atoms with van der Waals surface area (Å²) in [5.74, 6) is 1.60. The van der Waals surface area contributed by atoms with Gasteiger partial charge in [0.25, 0.3) is 0 Å². The average Bonchev–Trinajstić information content (AvgIpc) is 2.72. The number of carbonyl (C=O) groups excluding carboxylic acids is 1. The smallest absolute Gasteiger partial charge is 0.233 e. The molecule has 0 saturated heterocycles. The van der Waals surface area contributed by atoms with Crippen molar-refractivity contribution in [3.63, 3.8) is 0 Å². The van der Waals surface area contributed by atoms with Crippen molar-refractivity contribution in [1.29, 1.82) is 0 Å². The number of rotatable bonds is 8. The molecule has 8 heteroatoms. The molecule has 3 rings (SSSR count). The van der Waals surface area contributed by atoms with Gasteiger partial charge < -0.3 is 18.9 Å². The molecule has 3 aromatic rings. The zero-order valence-electron chi connectivity index (χ0n) is 16.8. The van der Waals surface area contributed by atoms with Crippen molar-refractivity contribution >= 4 is 22.8 Å². The lowest BCUT2D eigenvalue weighted by molar-refractivity contribution is -0.114. The number of benzene rings is 2. The number of anilines is 1. The molecule has 152 valence electrons. The Morgan fingerprint density at radius 1 is 0.931 bits per heavy atom. The van der Waals surface area contributed by atoms with Crippen LogP contribution in [0.2, 0.25) is 0 Å².